The molecule has 0 radical (unpaired) electrons. The van der Waals surface area contributed by atoms with Crippen LogP contribution in [0.25, 0.3) is 5.76 Å². The fraction of sp³-hybridized carbons (Fsp3) is 0.391. The molecule has 2 aromatic heterocycles. The molecule has 4 rings (SSSR count). The van der Waals surface area contributed by atoms with E-state index in [0.29, 0.717) is 78.4 Å². The van der Waals surface area contributed by atoms with Crippen molar-refractivity contribution in [2.75, 3.05) is 25.1 Å². The van der Waals surface area contributed by atoms with Crippen molar-refractivity contribution in [3.05, 3.63) is 58.6 Å². The van der Waals surface area contributed by atoms with E-state index >= 15 is 0 Å². The van der Waals surface area contributed by atoms with Crippen molar-refractivity contribution < 1.29 is 23.8 Å². The van der Waals surface area contributed by atoms with Crippen LogP contribution in [0.3, 0.4) is 0 Å². The van der Waals surface area contributed by atoms with Gasteiger partial charge in [0.25, 0.3) is 5.91 Å². The number of amides is 1. The Morgan fingerprint density at radius 2 is 2.16 bits per heavy atom. The number of anilines is 1. The molecule has 2 aromatic rings. The predicted octanol–water partition coefficient (Wildman–Crippen LogP) is 4.21. The average Bonchev–Trinajstić information content (AvgIpc) is 3.27. The van der Waals surface area contributed by atoms with Gasteiger partial charge in [-0.25, -0.2) is 4.98 Å². The van der Waals surface area contributed by atoms with Gasteiger partial charge in [-0.15, -0.1) is 0 Å². The lowest BCUT2D eigenvalue weighted by Gasteiger charge is -2.20. The second kappa shape index (κ2) is 10.6. The molecule has 0 unspecified atom stereocenters. The summed E-state index contributed by atoms with van der Waals surface area (Å²) in [6.07, 6.45) is 8.97. The summed E-state index contributed by atoms with van der Waals surface area (Å²) in [6, 6.07) is 3.32. The van der Waals surface area contributed by atoms with Crippen LogP contribution < -0.4 is 5.32 Å². The Labute approximate surface area is 190 Å². The van der Waals surface area contributed by atoms with Gasteiger partial charge in [0.15, 0.2) is 10.9 Å². The van der Waals surface area contributed by atoms with E-state index in [1.54, 1.807) is 24.6 Å². The molecule has 2 aliphatic heterocycles. The second-order valence-corrected chi connectivity index (χ2v) is 8.37. The van der Waals surface area contributed by atoms with Crippen LogP contribution in [-0.2, 0) is 20.8 Å². The summed E-state index contributed by atoms with van der Waals surface area (Å²) in [5.41, 5.74) is 1.58. The quantitative estimate of drug-likeness (QED) is 0.595. The maximum atomic E-state index is 13.3. The van der Waals surface area contributed by atoms with Crippen molar-refractivity contribution >= 4 is 33.9 Å². The minimum Gasteiger partial charge on any atom is -0.463 e. The first kappa shape index (κ1) is 22.3. The number of rotatable bonds is 8. The third-order valence-electron chi connectivity index (χ3n) is 5.16. The smallest absolute Gasteiger partial charge is 0.257 e. The van der Waals surface area contributed by atoms with Gasteiger partial charge in [0.1, 0.15) is 16.3 Å². The van der Waals surface area contributed by atoms with Crippen LogP contribution in [0.15, 0.2) is 36.7 Å². The molecule has 0 aromatic carbocycles. The van der Waals surface area contributed by atoms with Gasteiger partial charge in [0.05, 0.1) is 18.6 Å². The fourth-order valence-electron chi connectivity index (χ4n) is 3.48. The molecule has 0 atom stereocenters. The average molecular weight is 456 g/mol. The normalized spacial score (nSPS) is 16.3. The van der Waals surface area contributed by atoms with E-state index in [1.165, 1.54) is 11.3 Å². The number of pyridine rings is 1. The van der Waals surface area contributed by atoms with Crippen molar-refractivity contribution in [3.63, 3.8) is 0 Å². The monoisotopic (exact) mass is 455 g/mol. The molecule has 168 valence electrons. The number of nitrogens with zero attached hydrogens (tertiary/aromatic N) is 2. The summed E-state index contributed by atoms with van der Waals surface area (Å²) in [5.74, 6) is 0.104. The fourth-order valence-corrected chi connectivity index (χ4v) is 4.46. The Morgan fingerprint density at radius 3 is 2.91 bits per heavy atom. The zero-order valence-corrected chi connectivity index (χ0v) is 18.7. The summed E-state index contributed by atoms with van der Waals surface area (Å²) < 4.78 is 16.4. The Morgan fingerprint density at radius 1 is 1.31 bits per heavy atom. The van der Waals surface area contributed by atoms with Crippen LogP contribution in [-0.4, -0.2) is 41.5 Å². The Bertz CT molecular complexity index is 1040. The van der Waals surface area contributed by atoms with E-state index < -0.39 is 0 Å². The molecule has 2 aliphatic rings. The van der Waals surface area contributed by atoms with E-state index in [0.717, 1.165) is 0 Å². The summed E-state index contributed by atoms with van der Waals surface area (Å²) in [6.45, 7) is 3.94. The van der Waals surface area contributed by atoms with Crippen molar-refractivity contribution in [1.82, 2.24) is 9.97 Å². The molecule has 1 amide bonds. The maximum Gasteiger partial charge on any atom is 0.257 e. The number of carbonyl (C=O) groups is 2. The maximum absolute atomic E-state index is 13.3. The van der Waals surface area contributed by atoms with Crippen LogP contribution in [0.2, 0.25) is 0 Å². The molecule has 1 N–H and O–H groups in total. The lowest BCUT2D eigenvalue weighted by molar-refractivity contribution is 0.0547. The van der Waals surface area contributed by atoms with Crippen LogP contribution in [0.1, 0.15) is 57.6 Å². The number of nitrogens with one attached hydrogen (secondary N) is 1. The minimum atomic E-state index is -0.325. The van der Waals surface area contributed by atoms with Gasteiger partial charge in [-0.2, -0.15) is 0 Å². The Balaban J connectivity index is 1.57. The van der Waals surface area contributed by atoms with E-state index in [9.17, 15) is 9.59 Å². The second-order valence-electron chi connectivity index (χ2n) is 7.37. The van der Waals surface area contributed by atoms with Crippen molar-refractivity contribution in [2.45, 2.75) is 32.8 Å². The van der Waals surface area contributed by atoms with Crippen LogP contribution in [0, 0.1) is 5.92 Å². The van der Waals surface area contributed by atoms with Crippen molar-refractivity contribution in [3.8, 4) is 0 Å². The molecule has 0 spiro atoms. The number of allylic oxidation sites excluding steroid dienone is 2. The largest absolute Gasteiger partial charge is 0.463 e. The lowest BCUT2D eigenvalue weighted by Crippen LogP contribution is -2.23. The molecule has 32 heavy (non-hydrogen) atoms. The van der Waals surface area contributed by atoms with Crippen molar-refractivity contribution in [1.29, 1.82) is 0 Å². The van der Waals surface area contributed by atoms with Crippen LogP contribution in [0.4, 0.5) is 5.13 Å². The summed E-state index contributed by atoms with van der Waals surface area (Å²) in [4.78, 5) is 35.4. The molecule has 0 bridgehead atoms. The van der Waals surface area contributed by atoms with E-state index in [2.05, 4.69) is 15.3 Å². The SMILES string of the molecule is CCOCc1cc(C(=O)Nc2nc(C3=CCC=CO3)c(C(=O)C3CCOCC3)s2)ccn1. The summed E-state index contributed by atoms with van der Waals surface area (Å²) in [5, 5.41) is 3.17. The standard InChI is InChI=1S/C23H25N3O5S/c1-2-29-14-17-13-16(6-9-24-17)22(28)26-23-25-19(18-5-3-4-10-31-18)21(32-23)20(27)15-7-11-30-12-8-15/h4-6,9-10,13,15H,2-3,7-8,11-12,14H2,1H3,(H,25,26,28). The molecule has 8 nitrogen and oxygen atoms in total. The predicted molar refractivity (Wildman–Crippen MR) is 120 cm³/mol. The van der Waals surface area contributed by atoms with E-state index in [1.807, 2.05) is 19.1 Å². The van der Waals surface area contributed by atoms with Crippen LogP contribution in [0.5, 0.6) is 0 Å². The molecule has 9 heteroatoms. The molecule has 0 saturated carbocycles. The number of ether oxygens (including phenoxy) is 3. The molecule has 0 aliphatic carbocycles. The highest BCUT2D eigenvalue weighted by atomic mass is 32.1. The molecule has 1 saturated heterocycles. The van der Waals surface area contributed by atoms with Gasteiger partial charge in [-0.05, 0) is 50.5 Å². The highest BCUT2D eigenvalue weighted by molar-refractivity contribution is 7.18. The highest BCUT2D eigenvalue weighted by Gasteiger charge is 2.30. The first-order valence-corrected chi connectivity index (χ1v) is 11.5. The molecular weight excluding hydrogens is 430 g/mol. The van der Waals surface area contributed by atoms with Gasteiger partial charge in [-0.3, -0.25) is 19.9 Å². The zero-order chi connectivity index (χ0) is 22.3. The van der Waals surface area contributed by atoms with Gasteiger partial charge >= 0.3 is 0 Å². The number of Topliss-reactive ketones (excluding diaryl/α,β-unsaturated/α-hetero) is 1. The molecule has 1 fully saturated rings. The summed E-state index contributed by atoms with van der Waals surface area (Å²) in [7, 11) is 0. The van der Waals surface area contributed by atoms with Gasteiger partial charge < -0.3 is 14.2 Å². The van der Waals surface area contributed by atoms with E-state index in [-0.39, 0.29) is 17.6 Å². The van der Waals surface area contributed by atoms with Crippen molar-refractivity contribution in [2.24, 2.45) is 5.92 Å². The highest BCUT2D eigenvalue weighted by Crippen LogP contribution is 2.34. The number of carbonyl (C=O) groups excluding carboxylic acids is 2. The number of thiazole rings is 1. The Hall–Kier alpha value is -2.88. The van der Waals surface area contributed by atoms with Gasteiger partial charge in [0, 0.05) is 37.5 Å². The lowest BCUT2D eigenvalue weighted by atomic mass is 9.93. The third kappa shape index (κ3) is 5.29. The first-order chi connectivity index (χ1) is 15.7. The number of ketones is 1. The molecule has 4 heterocycles. The molecular formula is C23H25N3O5S. The third-order valence-corrected chi connectivity index (χ3v) is 6.15. The summed E-state index contributed by atoms with van der Waals surface area (Å²) >= 11 is 1.18. The minimum absolute atomic E-state index is 0.0169. The number of hydrogen-bond donors (Lipinski definition) is 1. The van der Waals surface area contributed by atoms with Gasteiger partial charge in [-0.1, -0.05) is 11.3 Å². The Kier molecular flexibility index (Phi) is 7.41. The van der Waals surface area contributed by atoms with Crippen LogP contribution >= 0.6 is 11.3 Å². The van der Waals surface area contributed by atoms with Gasteiger partial charge in [0.2, 0.25) is 0 Å². The van der Waals surface area contributed by atoms with E-state index in [4.69, 9.17) is 14.2 Å². The first-order valence-electron chi connectivity index (χ1n) is 10.6. The number of hydrogen-bond acceptors (Lipinski definition) is 8. The number of aromatic nitrogens is 2. The topological polar surface area (TPSA) is 99.6 Å². The zero-order valence-electron chi connectivity index (χ0n) is 17.8.